The lowest BCUT2D eigenvalue weighted by molar-refractivity contribution is 0.0189. The monoisotopic (exact) mass is 428 g/mol. The summed E-state index contributed by atoms with van der Waals surface area (Å²) in [6.45, 7) is 8.00. The lowest BCUT2D eigenvalue weighted by Crippen LogP contribution is -2.49. The first-order chi connectivity index (χ1) is 14.2. The van der Waals surface area contributed by atoms with E-state index in [1.165, 1.54) is 22.9 Å². The Kier molecular flexibility index (Phi) is 4.51. The lowest BCUT2D eigenvalue weighted by Gasteiger charge is -2.38. The molecule has 6 heteroatoms. The van der Waals surface area contributed by atoms with E-state index in [1.54, 1.807) is 12.1 Å². The van der Waals surface area contributed by atoms with Gasteiger partial charge in [0.1, 0.15) is 11.4 Å². The van der Waals surface area contributed by atoms with Crippen LogP contribution in [0.4, 0.5) is 14.9 Å². The van der Waals surface area contributed by atoms with Gasteiger partial charge < -0.3 is 14.5 Å². The summed E-state index contributed by atoms with van der Waals surface area (Å²) in [6, 6.07) is 9.47. The second-order valence-electron chi connectivity index (χ2n) is 9.53. The number of nitrogens with zero attached hydrogens (tertiary/aromatic N) is 2. The molecule has 1 saturated heterocycles. The molecule has 1 amide bonds. The van der Waals surface area contributed by atoms with Gasteiger partial charge in [-0.15, -0.1) is 0 Å². The molecule has 0 saturated carbocycles. The average molecular weight is 429 g/mol. The normalized spacial score (nSPS) is 22.2. The topological polar surface area (TPSA) is 32.8 Å². The first kappa shape index (κ1) is 19.7. The molecule has 2 aromatic rings. The number of rotatable bonds is 1. The summed E-state index contributed by atoms with van der Waals surface area (Å²) in [5.74, 6) is -0.0892. The predicted molar refractivity (Wildman–Crippen MR) is 117 cm³/mol. The summed E-state index contributed by atoms with van der Waals surface area (Å²) < 4.78 is 20.2. The number of amides is 1. The Labute approximate surface area is 181 Å². The number of hydrogen-bond acceptors (Lipinski definition) is 3. The predicted octanol–water partition coefficient (Wildman–Crippen LogP) is 5.62. The number of carbonyl (C=O) groups is 1. The van der Waals surface area contributed by atoms with Gasteiger partial charge in [0.15, 0.2) is 0 Å². The van der Waals surface area contributed by atoms with E-state index in [0.717, 1.165) is 24.9 Å². The van der Waals surface area contributed by atoms with Crippen LogP contribution >= 0.6 is 11.6 Å². The molecular formula is C24H26ClFN2O2. The van der Waals surface area contributed by atoms with Gasteiger partial charge in [0.2, 0.25) is 0 Å². The summed E-state index contributed by atoms with van der Waals surface area (Å²) in [5, 5.41) is 0.397. The molecule has 0 N–H and O–H groups in total. The average Bonchev–Trinajstić information content (AvgIpc) is 3.22. The van der Waals surface area contributed by atoms with Gasteiger partial charge in [-0.3, -0.25) is 0 Å². The van der Waals surface area contributed by atoms with Crippen molar-refractivity contribution in [2.45, 2.75) is 51.2 Å². The Morgan fingerprint density at radius 2 is 2.00 bits per heavy atom. The lowest BCUT2D eigenvalue weighted by atomic mass is 9.86. The second-order valence-corrected chi connectivity index (χ2v) is 9.97. The van der Waals surface area contributed by atoms with Gasteiger partial charge >= 0.3 is 6.09 Å². The number of anilines is 1. The minimum absolute atomic E-state index is 0.218. The Hall–Kier alpha value is -2.27. The van der Waals surface area contributed by atoms with E-state index in [9.17, 15) is 9.18 Å². The van der Waals surface area contributed by atoms with E-state index in [0.29, 0.717) is 29.7 Å². The summed E-state index contributed by atoms with van der Waals surface area (Å²) in [4.78, 5) is 17.0. The number of ether oxygens (including phenoxy) is 1. The molecule has 30 heavy (non-hydrogen) atoms. The Morgan fingerprint density at radius 3 is 2.73 bits per heavy atom. The molecule has 2 atom stereocenters. The molecule has 0 aliphatic carbocycles. The number of likely N-dealkylation sites (tertiary alicyclic amines) is 1. The van der Waals surface area contributed by atoms with Gasteiger partial charge in [-0.2, -0.15) is 0 Å². The zero-order valence-electron chi connectivity index (χ0n) is 17.5. The van der Waals surface area contributed by atoms with Gasteiger partial charge in [0.25, 0.3) is 0 Å². The van der Waals surface area contributed by atoms with Crippen LogP contribution in [-0.2, 0) is 11.2 Å². The summed E-state index contributed by atoms with van der Waals surface area (Å²) >= 11 is 5.95. The fourth-order valence-corrected chi connectivity index (χ4v) is 5.38. The van der Waals surface area contributed by atoms with Crippen LogP contribution in [0.2, 0.25) is 5.02 Å². The van der Waals surface area contributed by atoms with Crippen LogP contribution in [-0.4, -0.2) is 42.3 Å². The number of fused-ring (bicyclic) bond motifs is 3. The maximum absolute atomic E-state index is 14.6. The van der Waals surface area contributed by atoms with Crippen molar-refractivity contribution in [1.29, 1.82) is 0 Å². The highest BCUT2D eigenvalue weighted by Crippen LogP contribution is 2.51. The fourth-order valence-electron chi connectivity index (χ4n) is 5.22. The van der Waals surface area contributed by atoms with Gasteiger partial charge in [0.05, 0.1) is 0 Å². The summed E-state index contributed by atoms with van der Waals surface area (Å²) in [5.41, 5.74) is 4.75. The molecular weight excluding hydrogens is 403 g/mol. The molecule has 0 aromatic heterocycles. The minimum atomic E-state index is -0.508. The van der Waals surface area contributed by atoms with E-state index in [-0.39, 0.29) is 17.8 Å². The van der Waals surface area contributed by atoms with Crippen molar-refractivity contribution in [2.24, 2.45) is 0 Å². The number of hydrogen-bond donors (Lipinski definition) is 0. The van der Waals surface area contributed by atoms with Gasteiger partial charge in [-0.05, 0) is 80.6 Å². The molecule has 0 spiro atoms. The van der Waals surface area contributed by atoms with Crippen molar-refractivity contribution in [2.75, 3.05) is 24.5 Å². The molecule has 3 aliphatic heterocycles. The minimum Gasteiger partial charge on any atom is -0.444 e. The van der Waals surface area contributed by atoms with Crippen LogP contribution in [0.15, 0.2) is 30.3 Å². The highest BCUT2D eigenvalue weighted by Gasteiger charge is 2.46. The molecule has 5 rings (SSSR count). The Bertz CT molecular complexity index is 1030. The molecule has 4 nitrogen and oxygen atoms in total. The van der Waals surface area contributed by atoms with Crippen LogP contribution in [0.25, 0.3) is 11.1 Å². The van der Waals surface area contributed by atoms with Crippen molar-refractivity contribution < 1.29 is 13.9 Å². The Morgan fingerprint density at radius 1 is 1.20 bits per heavy atom. The smallest absolute Gasteiger partial charge is 0.410 e. The van der Waals surface area contributed by atoms with Crippen molar-refractivity contribution in [3.8, 4) is 11.1 Å². The third-order valence-corrected chi connectivity index (χ3v) is 6.63. The third kappa shape index (κ3) is 3.24. The maximum atomic E-state index is 14.6. The van der Waals surface area contributed by atoms with Crippen LogP contribution < -0.4 is 4.90 Å². The molecule has 3 heterocycles. The van der Waals surface area contributed by atoms with Gasteiger partial charge in [-0.25, -0.2) is 9.18 Å². The molecule has 0 bridgehead atoms. The van der Waals surface area contributed by atoms with Crippen molar-refractivity contribution in [3.63, 3.8) is 0 Å². The van der Waals surface area contributed by atoms with Crippen LogP contribution in [0.3, 0.4) is 0 Å². The van der Waals surface area contributed by atoms with E-state index >= 15 is 0 Å². The zero-order chi connectivity index (χ0) is 21.2. The molecule has 2 aromatic carbocycles. The maximum Gasteiger partial charge on any atom is 0.410 e. The number of halogens is 2. The molecule has 0 unspecified atom stereocenters. The SMILES string of the molecule is CC(C)(C)OC(=O)N1CC[C@H]2[C@@H](C1)c1cc(-c3ccc(Cl)cc3F)cc3c1N2CC3. The van der Waals surface area contributed by atoms with E-state index in [4.69, 9.17) is 16.3 Å². The zero-order valence-corrected chi connectivity index (χ0v) is 18.3. The quantitative estimate of drug-likeness (QED) is 0.591. The summed E-state index contributed by atoms with van der Waals surface area (Å²) in [7, 11) is 0. The molecule has 3 aliphatic rings. The number of piperidine rings is 1. The molecule has 0 radical (unpaired) electrons. The van der Waals surface area contributed by atoms with E-state index in [2.05, 4.69) is 17.0 Å². The van der Waals surface area contributed by atoms with Gasteiger partial charge in [-0.1, -0.05) is 11.6 Å². The van der Waals surface area contributed by atoms with Crippen LogP contribution in [0.1, 0.15) is 44.2 Å². The first-order valence-corrected chi connectivity index (χ1v) is 11.0. The van der Waals surface area contributed by atoms with Crippen molar-refractivity contribution in [1.82, 2.24) is 4.90 Å². The first-order valence-electron chi connectivity index (χ1n) is 10.6. The number of carbonyl (C=O) groups excluding carboxylic acids is 1. The van der Waals surface area contributed by atoms with Crippen LogP contribution in [0.5, 0.6) is 0 Å². The Balaban J connectivity index is 1.50. The molecule has 1 fully saturated rings. The van der Waals surface area contributed by atoms with Crippen molar-refractivity contribution in [3.05, 3.63) is 52.3 Å². The molecule has 158 valence electrons. The highest BCUT2D eigenvalue weighted by atomic mass is 35.5. The standard InChI is InChI=1S/C24H26ClFN2O2/c1-24(2,3)30-23(29)27-8-7-21-19(13-27)18-11-15(10-14-6-9-28(21)22(14)18)17-5-4-16(25)12-20(17)26/h4-5,10-12,19,21H,6-9,13H2,1-3H3/t19-,21-/m0/s1. The van der Waals surface area contributed by atoms with E-state index in [1.807, 2.05) is 25.7 Å². The second kappa shape index (κ2) is 6.88. The number of benzene rings is 2. The van der Waals surface area contributed by atoms with Gasteiger partial charge in [0, 0.05) is 47.9 Å². The third-order valence-electron chi connectivity index (χ3n) is 6.40. The summed E-state index contributed by atoms with van der Waals surface area (Å²) in [6.07, 6.45) is 1.64. The van der Waals surface area contributed by atoms with Crippen LogP contribution in [0, 0.1) is 5.82 Å². The largest absolute Gasteiger partial charge is 0.444 e. The highest BCUT2D eigenvalue weighted by molar-refractivity contribution is 6.30. The fraction of sp³-hybridized carbons (Fsp3) is 0.458. The van der Waals surface area contributed by atoms with Crippen molar-refractivity contribution >= 4 is 23.4 Å². The van der Waals surface area contributed by atoms with E-state index < -0.39 is 5.60 Å².